The Labute approximate surface area is 80.6 Å². The number of aliphatic imine (C=N–C) groups is 1. The van der Waals surface area contributed by atoms with Gasteiger partial charge in [0.25, 0.3) is 0 Å². The monoisotopic (exact) mass is 175 g/mol. The molecular weight excluding hydrogens is 158 g/mol. The van der Waals surface area contributed by atoms with E-state index in [0.717, 1.165) is 29.0 Å². The predicted octanol–water partition coefficient (Wildman–Crippen LogP) is 3.50. The molecule has 1 heteroatoms. The van der Waals surface area contributed by atoms with Crippen molar-refractivity contribution >= 4 is 5.71 Å². The van der Waals surface area contributed by atoms with Crippen LogP contribution in [0.25, 0.3) is 0 Å². The Bertz CT molecular complexity index is 303. The zero-order valence-corrected chi connectivity index (χ0v) is 8.72. The van der Waals surface area contributed by atoms with E-state index in [4.69, 9.17) is 0 Å². The first-order valence-corrected chi connectivity index (χ1v) is 4.65. The number of nitrogens with zero attached hydrogens (tertiary/aromatic N) is 1. The van der Waals surface area contributed by atoms with Gasteiger partial charge < -0.3 is 0 Å². The first kappa shape index (κ1) is 9.97. The van der Waals surface area contributed by atoms with Gasteiger partial charge in [-0.15, -0.1) is 0 Å². The van der Waals surface area contributed by atoms with Crippen LogP contribution in [0, 0.1) is 5.92 Å². The quantitative estimate of drug-likeness (QED) is 0.582. The van der Waals surface area contributed by atoms with Crippen molar-refractivity contribution in [2.45, 2.75) is 27.2 Å². The molecule has 1 aliphatic rings. The third-order valence-corrected chi connectivity index (χ3v) is 2.34. The second-order valence-electron chi connectivity index (χ2n) is 3.77. The lowest BCUT2D eigenvalue weighted by atomic mass is 9.94. The van der Waals surface area contributed by atoms with Crippen molar-refractivity contribution in [3.05, 3.63) is 36.1 Å². The van der Waals surface area contributed by atoms with E-state index < -0.39 is 0 Å². The second-order valence-corrected chi connectivity index (χ2v) is 3.77. The molecule has 0 spiro atoms. The topological polar surface area (TPSA) is 12.4 Å². The molecule has 0 saturated heterocycles. The molecule has 13 heavy (non-hydrogen) atoms. The van der Waals surface area contributed by atoms with Crippen LogP contribution in [0.3, 0.4) is 0 Å². The molecule has 0 N–H and O–H groups in total. The first-order valence-electron chi connectivity index (χ1n) is 4.65. The number of allylic oxidation sites excluding steroid dienone is 4. The fourth-order valence-corrected chi connectivity index (χ4v) is 1.27. The van der Waals surface area contributed by atoms with Gasteiger partial charge in [0.05, 0.1) is 5.71 Å². The van der Waals surface area contributed by atoms with E-state index in [2.05, 4.69) is 38.1 Å². The summed E-state index contributed by atoms with van der Waals surface area (Å²) in [5.41, 5.74) is 4.29. The molecule has 0 aliphatic carbocycles. The third-order valence-electron chi connectivity index (χ3n) is 2.34. The summed E-state index contributed by atoms with van der Waals surface area (Å²) in [5, 5.41) is 0. The fourth-order valence-electron chi connectivity index (χ4n) is 1.27. The molecule has 0 unspecified atom stereocenters. The molecule has 1 rings (SSSR count). The molecular formula is C12H17N. The lowest BCUT2D eigenvalue weighted by Crippen LogP contribution is -2.04. The van der Waals surface area contributed by atoms with E-state index in [1.165, 1.54) is 0 Å². The van der Waals surface area contributed by atoms with Crippen LogP contribution >= 0.6 is 0 Å². The van der Waals surface area contributed by atoms with Crippen LogP contribution in [-0.4, -0.2) is 5.71 Å². The molecule has 1 nitrogen and oxygen atoms in total. The minimum atomic E-state index is 0.455. The highest BCUT2D eigenvalue weighted by Crippen LogP contribution is 2.22. The molecule has 0 aromatic heterocycles. The van der Waals surface area contributed by atoms with Crippen molar-refractivity contribution in [2.75, 3.05) is 0 Å². The summed E-state index contributed by atoms with van der Waals surface area (Å²) in [6.45, 7) is 14.3. The summed E-state index contributed by atoms with van der Waals surface area (Å²) in [6, 6.07) is 0. The Balaban J connectivity index is 2.71. The van der Waals surface area contributed by atoms with Gasteiger partial charge in [0.2, 0.25) is 0 Å². The van der Waals surface area contributed by atoms with Gasteiger partial charge in [-0.1, -0.05) is 33.1 Å². The maximum atomic E-state index is 4.41. The lowest BCUT2D eigenvalue weighted by molar-refractivity contribution is 0.789. The van der Waals surface area contributed by atoms with Crippen LogP contribution in [0.1, 0.15) is 27.2 Å². The summed E-state index contributed by atoms with van der Waals surface area (Å²) in [5.74, 6) is 0.455. The van der Waals surface area contributed by atoms with Crippen LogP contribution in [0.5, 0.6) is 0 Å². The normalized spacial score (nSPS) is 15.7. The Morgan fingerprint density at radius 2 is 2.08 bits per heavy atom. The zero-order valence-electron chi connectivity index (χ0n) is 8.72. The van der Waals surface area contributed by atoms with Gasteiger partial charge >= 0.3 is 0 Å². The van der Waals surface area contributed by atoms with Crippen molar-refractivity contribution in [1.29, 1.82) is 0 Å². The van der Waals surface area contributed by atoms with Crippen molar-refractivity contribution < 1.29 is 0 Å². The van der Waals surface area contributed by atoms with Gasteiger partial charge in [-0.2, -0.15) is 0 Å². The summed E-state index contributed by atoms with van der Waals surface area (Å²) < 4.78 is 0. The maximum absolute atomic E-state index is 4.41. The number of hydrogen-bond acceptors (Lipinski definition) is 1. The molecule has 0 radical (unpaired) electrons. The Morgan fingerprint density at radius 3 is 2.46 bits per heavy atom. The van der Waals surface area contributed by atoms with Gasteiger partial charge in [0, 0.05) is 12.1 Å². The molecule has 0 saturated carbocycles. The highest BCUT2D eigenvalue weighted by Gasteiger charge is 2.13. The molecule has 0 aromatic carbocycles. The largest absolute Gasteiger partial charge is 0.258 e. The van der Waals surface area contributed by atoms with E-state index in [9.17, 15) is 0 Å². The van der Waals surface area contributed by atoms with Crippen molar-refractivity contribution in [3.8, 4) is 0 Å². The average molecular weight is 175 g/mol. The Morgan fingerprint density at radius 1 is 1.46 bits per heavy atom. The minimum Gasteiger partial charge on any atom is -0.258 e. The van der Waals surface area contributed by atoms with E-state index in [0.29, 0.717) is 5.92 Å². The SMILES string of the molecule is C=C(C(=C)C(C)C)C1=NC(C)=CC1. The van der Waals surface area contributed by atoms with Gasteiger partial charge in [0.15, 0.2) is 0 Å². The molecule has 70 valence electrons. The van der Waals surface area contributed by atoms with Crippen LogP contribution < -0.4 is 0 Å². The lowest BCUT2D eigenvalue weighted by Gasteiger charge is -2.12. The van der Waals surface area contributed by atoms with Gasteiger partial charge in [-0.3, -0.25) is 4.99 Å². The fraction of sp³-hybridized carbons (Fsp3) is 0.417. The second kappa shape index (κ2) is 3.73. The number of rotatable bonds is 3. The van der Waals surface area contributed by atoms with Gasteiger partial charge in [0.1, 0.15) is 0 Å². The molecule has 0 bridgehead atoms. The van der Waals surface area contributed by atoms with Crippen LogP contribution in [0.15, 0.2) is 41.1 Å². The highest BCUT2D eigenvalue weighted by molar-refractivity contribution is 6.05. The third kappa shape index (κ3) is 2.18. The maximum Gasteiger partial charge on any atom is 0.0514 e. The first-order chi connectivity index (χ1) is 6.02. The molecule has 1 aliphatic heterocycles. The van der Waals surface area contributed by atoms with Gasteiger partial charge in [-0.25, -0.2) is 0 Å². The predicted molar refractivity (Wildman–Crippen MR) is 58.9 cm³/mol. The summed E-state index contributed by atoms with van der Waals surface area (Å²) >= 11 is 0. The molecule has 0 aromatic rings. The van der Waals surface area contributed by atoms with E-state index >= 15 is 0 Å². The van der Waals surface area contributed by atoms with Crippen molar-refractivity contribution in [1.82, 2.24) is 0 Å². The summed E-state index contributed by atoms with van der Waals surface area (Å²) in [6.07, 6.45) is 3.03. The van der Waals surface area contributed by atoms with Crippen molar-refractivity contribution in [2.24, 2.45) is 10.9 Å². The van der Waals surface area contributed by atoms with Gasteiger partial charge in [-0.05, 0) is 24.0 Å². The van der Waals surface area contributed by atoms with Crippen LogP contribution in [-0.2, 0) is 0 Å². The van der Waals surface area contributed by atoms with E-state index in [-0.39, 0.29) is 0 Å². The van der Waals surface area contributed by atoms with Crippen LogP contribution in [0.4, 0.5) is 0 Å². The molecule has 0 atom stereocenters. The van der Waals surface area contributed by atoms with Crippen LogP contribution in [0.2, 0.25) is 0 Å². The number of hydrogen-bond donors (Lipinski definition) is 0. The molecule has 0 amide bonds. The molecule has 0 fully saturated rings. The van der Waals surface area contributed by atoms with Crippen molar-refractivity contribution in [3.63, 3.8) is 0 Å². The average Bonchev–Trinajstić information content (AvgIpc) is 2.49. The zero-order chi connectivity index (χ0) is 10.0. The standard InChI is InChI=1S/C12H17N/c1-8(2)10(4)11(5)12-7-6-9(3)13-12/h6,8H,4-5,7H2,1-3H3. The highest BCUT2D eigenvalue weighted by atomic mass is 14.8. The van der Waals surface area contributed by atoms with E-state index in [1.54, 1.807) is 0 Å². The smallest absolute Gasteiger partial charge is 0.0514 e. The Kier molecular flexibility index (Phi) is 2.86. The minimum absolute atomic E-state index is 0.455. The summed E-state index contributed by atoms with van der Waals surface area (Å²) in [7, 11) is 0. The molecule has 1 heterocycles. The summed E-state index contributed by atoms with van der Waals surface area (Å²) in [4.78, 5) is 4.41. The van der Waals surface area contributed by atoms with E-state index in [1.807, 2.05) is 6.92 Å². The Hall–Kier alpha value is -1.11.